The molecule has 0 aliphatic heterocycles. The normalized spacial score (nSPS) is 45.0. The van der Waals surface area contributed by atoms with Gasteiger partial charge < -0.3 is 5.11 Å². The lowest BCUT2D eigenvalue weighted by molar-refractivity contribution is -0.0667. The average Bonchev–Trinajstić information content (AvgIpc) is 3.05. The van der Waals surface area contributed by atoms with Gasteiger partial charge >= 0.3 is 0 Å². The fourth-order valence-electron chi connectivity index (χ4n) is 9.14. The smallest absolute Gasteiger partial charge is 0.0879 e. The minimum Gasteiger partial charge on any atom is -0.513 e. The minimum atomic E-state index is 0.250. The molecule has 3 fully saturated rings. The van der Waals surface area contributed by atoms with Gasteiger partial charge in [0.25, 0.3) is 0 Å². The van der Waals surface area contributed by atoms with E-state index >= 15 is 0 Å². The van der Waals surface area contributed by atoms with Gasteiger partial charge in [-0.1, -0.05) is 72.1 Å². The van der Waals surface area contributed by atoms with Crippen molar-refractivity contribution in [2.45, 2.75) is 105 Å². The average molecular weight is 413 g/mol. The molecule has 4 aliphatic rings. The van der Waals surface area contributed by atoms with Gasteiger partial charge in [0.1, 0.15) is 0 Å². The third kappa shape index (κ3) is 3.61. The molecule has 1 nitrogen and oxygen atoms in total. The van der Waals surface area contributed by atoms with Crippen molar-refractivity contribution in [1.29, 1.82) is 0 Å². The zero-order valence-electron chi connectivity index (χ0n) is 20.6. The molecule has 0 amide bonds. The number of hydrogen-bond donors (Lipinski definition) is 1. The molecule has 30 heavy (non-hydrogen) atoms. The summed E-state index contributed by atoms with van der Waals surface area (Å²) in [4.78, 5) is 0. The number of hydrogen-bond acceptors (Lipinski definition) is 1. The van der Waals surface area contributed by atoms with Crippen LogP contribution in [0.4, 0.5) is 0 Å². The van der Waals surface area contributed by atoms with E-state index in [1.807, 2.05) is 5.57 Å². The van der Waals surface area contributed by atoms with Crippen molar-refractivity contribution in [2.24, 2.45) is 52.3 Å². The lowest BCUT2D eigenvalue weighted by Gasteiger charge is -2.59. The SMILES string of the molecule is C=C(O)[C@H](C)CCC[C@@H](C)C1CCC2C3C(C)C=C4CCCCC4(C)C3CCC21C. The highest BCUT2D eigenvalue weighted by molar-refractivity contribution is 5.26. The molecule has 170 valence electrons. The molecule has 4 rings (SSSR count). The summed E-state index contributed by atoms with van der Waals surface area (Å²) in [5.74, 6) is 5.90. The van der Waals surface area contributed by atoms with Crippen molar-refractivity contribution in [2.75, 3.05) is 0 Å². The monoisotopic (exact) mass is 412 g/mol. The predicted molar refractivity (Wildman–Crippen MR) is 128 cm³/mol. The molecule has 1 N–H and O–H groups in total. The Morgan fingerprint density at radius 1 is 1.10 bits per heavy atom. The van der Waals surface area contributed by atoms with Crippen LogP contribution in [0.15, 0.2) is 24.0 Å². The largest absolute Gasteiger partial charge is 0.513 e. The van der Waals surface area contributed by atoms with Crippen molar-refractivity contribution in [1.82, 2.24) is 0 Å². The van der Waals surface area contributed by atoms with Crippen molar-refractivity contribution >= 4 is 0 Å². The molecule has 1 heteroatoms. The third-order valence-corrected chi connectivity index (χ3v) is 11.0. The number of aliphatic hydroxyl groups excluding tert-OH is 1. The Hall–Kier alpha value is -0.720. The first-order valence-electron chi connectivity index (χ1n) is 13.3. The van der Waals surface area contributed by atoms with Gasteiger partial charge in [0, 0.05) is 5.92 Å². The van der Waals surface area contributed by atoms with Crippen molar-refractivity contribution in [3.63, 3.8) is 0 Å². The maximum Gasteiger partial charge on any atom is 0.0879 e. The van der Waals surface area contributed by atoms with E-state index in [0.717, 1.165) is 41.9 Å². The first-order chi connectivity index (χ1) is 14.2. The quantitative estimate of drug-likeness (QED) is 0.341. The summed E-state index contributed by atoms with van der Waals surface area (Å²) in [6.07, 6.45) is 17.9. The van der Waals surface area contributed by atoms with Gasteiger partial charge in [-0.05, 0) is 97.7 Å². The molecule has 0 heterocycles. The van der Waals surface area contributed by atoms with E-state index in [4.69, 9.17) is 0 Å². The van der Waals surface area contributed by atoms with Crippen LogP contribution in [0.5, 0.6) is 0 Å². The Morgan fingerprint density at radius 2 is 1.87 bits per heavy atom. The van der Waals surface area contributed by atoms with E-state index in [1.54, 1.807) is 0 Å². The molecule has 0 radical (unpaired) electrons. The highest BCUT2D eigenvalue weighted by Gasteiger charge is 2.60. The van der Waals surface area contributed by atoms with E-state index in [1.165, 1.54) is 64.2 Å². The molecule has 0 aromatic carbocycles. The van der Waals surface area contributed by atoms with Gasteiger partial charge in [0.2, 0.25) is 0 Å². The van der Waals surface area contributed by atoms with E-state index in [0.29, 0.717) is 16.6 Å². The topological polar surface area (TPSA) is 20.2 Å². The number of allylic oxidation sites excluding steroid dienone is 3. The second kappa shape index (κ2) is 8.32. The van der Waals surface area contributed by atoms with Crippen molar-refractivity contribution in [3.05, 3.63) is 24.0 Å². The predicted octanol–water partition coefficient (Wildman–Crippen LogP) is 8.72. The van der Waals surface area contributed by atoms with E-state index in [9.17, 15) is 5.11 Å². The standard InChI is InChI=1S/C29H48O/c1-19(22(4)30)10-9-11-20(2)24-13-14-25-27-21(3)18-23-12-7-8-16-28(23,5)26(27)15-17-29(24,25)6/h18-21,24-27,30H,4,7-17H2,1-3,5-6H3/t19-,20-,21?,24?,25?,26?,27?,28?,29?/m1/s1. The second-order valence-corrected chi connectivity index (χ2v) is 12.5. The van der Waals surface area contributed by atoms with Crippen LogP contribution < -0.4 is 0 Å². The molecule has 7 unspecified atom stereocenters. The van der Waals surface area contributed by atoms with Crippen LogP contribution in [-0.2, 0) is 0 Å². The molecule has 0 spiro atoms. The Balaban J connectivity index is 1.48. The molecular formula is C29H48O. The summed E-state index contributed by atoms with van der Waals surface area (Å²) in [5, 5.41) is 9.63. The molecule has 9 atom stereocenters. The van der Waals surface area contributed by atoms with Crippen molar-refractivity contribution in [3.8, 4) is 0 Å². The first-order valence-corrected chi connectivity index (χ1v) is 13.3. The first kappa shape index (κ1) is 22.5. The lowest BCUT2D eigenvalue weighted by atomic mass is 9.45. The fourth-order valence-corrected chi connectivity index (χ4v) is 9.14. The molecule has 0 aromatic rings. The summed E-state index contributed by atoms with van der Waals surface area (Å²) in [7, 11) is 0. The van der Waals surface area contributed by atoms with Gasteiger partial charge in [-0.2, -0.15) is 0 Å². The molecular weight excluding hydrogens is 364 g/mol. The van der Waals surface area contributed by atoms with Gasteiger partial charge in [-0.15, -0.1) is 0 Å². The second-order valence-electron chi connectivity index (χ2n) is 12.5. The number of fused-ring (bicyclic) bond motifs is 5. The highest BCUT2D eigenvalue weighted by Crippen LogP contribution is 2.68. The van der Waals surface area contributed by atoms with Crippen LogP contribution in [0.2, 0.25) is 0 Å². The zero-order chi connectivity index (χ0) is 21.7. The van der Waals surface area contributed by atoms with Gasteiger partial charge in [-0.25, -0.2) is 0 Å². The van der Waals surface area contributed by atoms with Gasteiger partial charge in [0.15, 0.2) is 0 Å². The maximum absolute atomic E-state index is 9.63. The summed E-state index contributed by atoms with van der Waals surface area (Å²) >= 11 is 0. The summed E-state index contributed by atoms with van der Waals surface area (Å²) in [6.45, 7) is 16.3. The number of aliphatic hydroxyl groups is 1. The van der Waals surface area contributed by atoms with Crippen molar-refractivity contribution < 1.29 is 5.11 Å². The Labute approximate surface area is 186 Å². The zero-order valence-corrected chi connectivity index (χ0v) is 20.6. The number of rotatable bonds is 6. The Morgan fingerprint density at radius 3 is 2.60 bits per heavy atom. The molecule has 0 saturated heterocycles. The summed E-state index contributed by atoms with van der Waals surface area (Å²) in [5.41, 5.74) is 2.91. The summed E-state index contributed by atoms with van der Waals surface area (Å²) in [6, 6.07) is 0. The van der Waals surface area contributed by atoms with Crippen LogP contribution in [-0.4, -0.2) is 5.11 Å². The third-order valence-electron chi connectivity index (χ3n) is 11.0. The molecule has 3 saturated carbocycles. The van der Waals surface area contributed by atoms with Crippen LogP contribution in [0.1, 0.15) is 105 Å². The minimum absolute atomic E-state index is 0.250. The van der Waals surface area contributed by atoms with Crippen LogP contribution in [0, 0.1) is 52.3 Å². The van der Waals surface area contributed by atoms with Crippen LogP contribution >= 0.6 is 0 Å². The fraction of sp³-hybridized carbons (Fsp3) is 0.862. The van der Waals surface area contributed by atoms with Crippen LogP contribution in [0.3, 0.4) is 0 Å². The maximum atomic E-state index is 9.63. The Kier molecular flexibility index (Phi) is 6.24. The van der Waals surface area contributed by atoms with E-state index < -0.39 is 0 Å². The molecule has 0 aromatic heterocycles. The van der Waals surface area contributed by atoms with Gasteiger partial charge in [0.05, 0.1) is 5.76 Å². The van der Waals surface area contributed by atoms with E-state index in [2.05, 4.69) is 47.3 Å². The van der Waals surface area contributed by atoms with E-state index in [-0.39, 0.29) is 5.92 Å². The van der Waals surface area contributed by atoms with Crippen LogP contribution in [0.25, 0.3) is 0 Å². The molecule has 0 bridgehead atoms. The molecule has 4 aliphatic carbocycles. The van der Waals surface area contributed by atoms with Gasteiger partial charge in [-0.3, -0.25) is 0 Å². The highest BCUT2D eigenvalue weighted by atomic mass is 16.3. The summed E-state index contributed by atoms with van der Waals surface area (Å²) < 4.78 is 0. The lowest BCUT2D eigenvalue weighted by Crippen LogP contribution is -2.52. The Bertz CT molecular complexity index is 676.